The third kappa shape index (κ3) is 5.03. The molecule has 0 fully saturated rings. The second-order valence-electron chi connectivity index (χ2n) is 7.82. The van der Waals surface area contributed by atoms with Crippen LogP contribution >= 0.6 is 0 Å². The van der Waals surface area contributed by atoms with Crippen LogP contribution in [0.15, 0.2) is 88.8 Å². The molecule has 0 saturated heterocycles. The van der Waals surface area contributed by atoms with Gasteiger partial charge >= 0.3 is 0 Å². The zero-order valence-corrected chi connectivity index (χ0v) is 18.8. The van der Waals surface area contributed by atoms with E-state index in [0.29, 0.717) is 22.9 Å². The Morgan fingerprint density at radius 1 is 1.00 bits per heavy atom. The Labute approximate surface area is 197 Å². The minimum Gasteiger partial charge on any atom is -0.456 e. The second kappa shape index (κ2) is 10.3. The number of aromatic amines is 1. The Bertz CT molecular complexity index is 1420. The van der Waals surface area contributed by atoms with Crippen molar-refractivity contribution in [1.82, 2.24) is 9.97 Å². The fourth-order valence-electron chi connectivity index (χ4n) is 3.45. The largest absolute Gasteiger partial charge is 0.456 e. The summed E-state index contributed by atoms with van der Waals surface area (Å²) in [6.45, 7) is 4.24. The molecule has 1 aromatic heterocycles. The van der Waals surface area contributed by atoms with Crippen LogP contribution in [0.25, 0.3) is 11.3 Å². The van der Waals surface area contributed by atoms with Crippen molar-refractivity contribution in [2.45, 2.75) is 19.8 Å². The Kier molecular flexibility index (Phi) is 6.80. The molecule has 168 valence electrons. The van der Waals surface area contributed by atoms with E-state index >= 15 is 0 Å². The maximum absolute atomic E-state index is 12.4. The third-order valence-corrected chi connectivity index (χ3v) is 5.13. The van der Waals surface area contributed by atoms with Gasteiger partial charge in [-0.2, -0.15) is 10.4 Å². The minimum absolute atomic E-state index is 0.0525. The topological polar surface area (TPSA) is 103 Å². The van der Waals surface area contributed by atoms with Gasteiger partial charge in [0, 0.05) is 11.1 Å². The van der Waals surface area contributed by atoms with Crippen molar-refractivity contribution in [3.05, 3.63) is 106 Å². The molecule has 0 saturated carbocycles. The zero-order valence-electron chi connectivity index (χ0n) is 18.8. The lowest BCUT2D eigenvalue weighted by Crippen LogP contribution is -2.16. The number of anilines is 1. The van der Waals surface area contributed by atoms with Crippen molar-refractivity contribution in [3.63, 3.8) is 0 Å². The first-order chi connectivity index (χ1) is 16.6. The van der Waals surface area contributed by atoms with E-state index in [0.717, 1.165) is 16.9 Å². The smallest absolute Gasteiger partial charge is 0.270 e. The quantitative estimate of drug-likeness (QED) is 0.279. The number of hydrogen-bond acceptors (Lipinski definition) is 6. The van der Waals surface area contributed by atoms with E-state index in [1.54, 1.807) is 18.3 Å². The summed E-state index contributed by atoms with van der Waals surface area (Å²) in [5, 5.41) is 13.6. The summed E-state index contributed by atoms with van der Waals surface area (Å²) < 4.78 is 6.20. The van der Waals surface area contributed by atoms with Crippen LogP contribution in [0.1, 0.15) is 36.5 Å². The third-order valence-electron chi connectivity index (χ3n) is 5.13. The van der Waals surface area contributed by atoms with Crippen LogP contribution in [0.3, 0.4) is 0 Å². The highest BCUT2D eigenvalue weighted by molar-refractivity contribution is 5.84. The first kappa shape index (κ1) is 22.5. The first-order valence-electron chi connectivity index (χ1n) is 10.8. The number of benzene rings is 3. The molecule has 0 atom stereocenters. The zero-order chi connectivity index (χ0) is 23.9. The molecule has 0 spiro atoms. The van der Waals surface area contributed by atoms with Crippen molar-refractivity contribution >= 4 is 12.2 Å². The normalized spacial score (nSPS) is 10.9. The predicted octanol–water partition coefficient (Wildman–Crippen LogP) is 5.67. The number of aromatic nitrogens is 2. The van der Waals surface area contributed by atoms with E-state index in [1.807, 2.05) is 66.7 Å². The SMILES string of the molecule is CC(C)c1ccccc1Oc1ccccc1C=NNc1nc(-c2ccccc2)c(C#N)c(=O)[nH]1. The molecule has 4 aromatic rings. The molecule has 0 aliphatic heterocycles. The van der Waals surface area contributed by atoms with Crippen LogP contribution in [0.5, 0.6) is 11.5 Å². The molecule has 3 aromatic carbocycles. The van der Waals surface area contributed by atoms with Crippen molar-refractivity contribution in [2.75, 3.05) is 5.43 Å². The Hall–Kier alpha value is -4.70. The molecule has 0 aliphatic rings. The van der Waals surface area contributed by atoms with Gasteiger partial charge in [0.05, 0.1) is 11.9 Å². The highest BCUT2D eigenvalue weighted by Gasteiger charge is 2.13. The van der Waals surface area contributed by atoms with Crippen molar-refractivity contribution < 1.29 is 4.74 Å². The van der Waals surface area contributed by atoms with Crippen LogP contribution in [-0.2, 0) is 0 Å². The van der Waals surface area contributed by atoms with Gasteiger partial charge in [-0.15, -0.1) is 0 Å². The molecular weight excluding hydrogens is 426 g/mol. The highest BCUT2D eigenvalue weighted by Crippen LogP contribution is 2.31. The van der Waals surface area contributed by atoms with E-state index < -0.39 is 5.56 Å². The molecule has 0 unspecified atom stereocenters. The van der Waals surface area contributed by atoms with Gasteiger partial charge in [0.2, 0.25) is 5.95 Å². The van der Waals surface area contributed by atoms with Gasteiger partial charge < -0.3 is 4.74 Å². The molecule has 0 bridgehead atoms. The fourth-order valence-corrected chi connectivity index (χ4v) is 3.45. The number of nitriles is 1. The maximum atomic E-state index is 12.4. The highest BCUT2D eigenvalue weighted by atomic mass is 16.5. The summed E-state index contributed by atoms with van der Waals surface area (Å²) >= 11 is 0. The molecule has 4 rings (SSSR count). The fraction of sp³-hybridized carbons (Fsp3) is 0.111. The summed E-state index contributed by atoms with van der Waals surface area (Å²) in [4.78, 5) is 19.4. The van der Waals surface area contributed by atoms with Gasteiger partial charge in [0.1, 0.15) is 23.1 Å². The molecule has 0 aliphatic carbocycles. The van der Waals surface area contributed by atoms with E-state index in [1.165, 1.54) is 0 Å². The number of hydrogen-bond donors (Lipinski definition) is 2. The Morgan fingerprint density at radius 3 is 2.41 bits per heavy atom. The van der Waals surface area contributed by atoms with Crippen molar-refractivity contribution in [3.8, 4) is 28.8 Å². The summed E-state index contributed by atoms with van der Waals surface area (Å²) in [6, 6.07) is 26.5. The average molecular weight is 450 g/mol. The minimum atomic E-state index is -0.539. The molecule has 34 heavy (non-hydrogen) atoms. The van der Waals surface area contributed by atoms with Gasteiger partial charge in [-0.1, -0.05) is 74.5 Å². The van der Waals surface area contributed by atoms with Crippen LogP contribution in [0.4, 0.5) is 5.95 Å². The second-order valence-corrected chi connectivity index (χ2v) is 7.82. The molecule has 7 heteroatoms. The van der Waals surface area contributed by atoms with Crippen LogP contribution in [0, 0.1) is 11.3 Å². The van der Waals surface area contributed by atoms with Crippen LogP contribution in [0.2, 0.25) is 0 Å². The monoisotopic (exact) mass is 449 g/mol. The first-order valence-corrected chi connectivity index (χ1v) is 10.8. The molecule has 1 heterocycles. The lowest BCUT2D eigenvalue weighted by molar-refractivity contribution is 0.472. The van der Waals surface area contributed by atoms with E-state index in [4.69, 9.17) is 4.74 Å². The molecule has 7 nitrogen and oxygen atoms in total. The number of rotatable bonds is 7. The molecular formula is C27H23N5O2. The Morgan fingerprint density at radius 2 is 1.68 bits per heavy atom. The van der Waals surface area contributed by atoms with Gasteiger partial charge in [-0.25, -0.2) is 10.4 Å². The Balaban J connectivity index is 1.59. The van der Waals surface area contributed by atoms with E-state index in [-0.39, 0.29) is 11.5 Å². The summed E-state index contributed by atoms with van der Waals surface area (Å²) in [6.07, 6.45) is 1.59. The van der Waals surface area contributed by atoms with Gasteiger partial charge in [-0.3, -0.25) is 9.78 Å². The lowest BCUT2D eigenvalue weighted by Gasteiger charge is -2.14. The van der Waals surface area contributed by atoms with E-state index in [2.05, 4.69) is 40.4 Å². The number of hydrazone groups is 1. The number of nitrogens with one attached hydrogen (secondary N) is 2. The van der Waals surface area contributed by atoms with Gasteiger partial charge in [0.15, 0.2) is 0 Å². The lowest BCUT2D eigenvalue weighted by atomic mass is 10.0. The number of H-pyrrole nitrogens is 1. The standard InChI is InChI=1S/C27H23N5O2/c1-18(2)21-13-7-9-15-24(21)34-23-14-8-6-12-20(23)17-29-32-27-30-25(19-10-4-3-5-11-19)22(16-28)26(33)31-27/h3-15,17-18H,1-2H3,(H2,30,31,32,33). The van der Waals surface area contributed by atoms with Crippen LogP contribution < -0.4 is 15.7 Å². The molecule has 2 N–H and O–H groups in total. The summed E-state index contributed by atoms with van der Waals surface area (Å²) in [5.74, 6) is 1.88. The number of para-hydroxylation sites is 2. The van der Waals surface area contributed by atoms with E-state index in [9.17, 15) is 10.1 Å². The predicted molar refractivity (Wildman–Crippen MR) is 133 cm³/mol. The number of nitrogens with zero attached hydrogens (tertiary/aromatic N) is 3. The summed E-state index contributed by atoms with van der Waals surface area (Å²) in [5.41, 5.74) is 4.97. The number of ether oxygens (including phenoxy) is 1. The summed E-state index contributed by atoms with van der Waals surface area (Å²) in [7, 11) is 0. The van der Waals surface area contributed by atoms with Gasteiger partial charge in [0.25, 0.3) is 5.56 Å². The molecule has 0 amide bonds. The average Bonchev–Trinajstić information content (AvgIpc) is 2.85. The van der Waals surface area contributed by atoms with Gasteiger partial charge in [-0.05, 0) is 29.7 Å². The molecule has 0 radical (unpaired) electrons. The van der Waals surface area contributed by atoms with Crippen LogP contribution in [-0.4, -0.2) is 16.2 Å². The van der Waals surface area contributed by atoms with Crippen molar-refractivity contribution in [2.24, 2.45) is 5.10 Å². The van der Waals surface area contributed by atoms with Crippen molar-refractivity contribution in [1.29, 1.82) is 5.26 Å². The maximum Gasteiger partial charge on any atom is 0.270 e.